The van der Waals surface area contributed by atoms with Crippen LogP contribution < -0.4 is 19.2 Å². The number of methoxy groups -OCH3 is 2. The first kappa shape index (κ1) is 23.6. The van der Waals surface area contributed by atoms with E-state index in [-0.39, 0.29) is 10.6 Å². The first-order valence-electron chi connectivity index (χ1n) is 10.5. The van der Waals surface area contributed by atoms with Crippen molar-refractivity contribution in [1.29, 1.82) is 0 Å². The maximum Gasteiger partial charge on any atom is 0.264 e. The molecule has 0 bridgehead atoms. The van der Waals surface area contributed by atoms with Gasteiger partial charge in [0.2, 0.25) is 0 Å². The number of hydrogen-bond donors (Lipinski definition) is 1. The van der Waals surface area contributed by atoms with Gasteiger partial charge in [0.05, 0.1) is 24.8 Å². The van der Waals surface area contributed by atoms with Crippen molar-refractivity contribution in [2.45, 2.75) is 43.9 Å². The van der Waals surface area contributed by atoms with Crippen LogP contribution in [0.3, 0.4) is 0 Å². The van der Waals surface area contributed by atoms with Crippen LogP contribution in [-0.4, -0.2) is 40.8 Å². The summed E-state index contributed by atoms with van der Waals surface area (Å²) in [5.74, 6) is 0.198. The van der Waals surface area contributed by atoms with E-state index in [9.17, 15) is 13.2 Å². The van der Waals surface area contributed by atoms with Crippen LogP contribution in [0.4, 0.5) is 5.69 Å². The van der Waals surface area contributed by atoms with E-state index in [1.807, 2.05) is 6.92 Å². The van der Waals surface area contributed by atoms with Crippen molar-refractivity contribution in [3.63, 3.8) is 0 Å². The summed E-state index contributed by atoms with van der Waals surface area (Å²) in [4.78, 5) is 12.8. The number of ether oxygens (including phenoxy) is 2. The van der Waals surface area contributed by atoms with E-state index in [0.29, 0.717) is 11.5 Å². The average molecular weight is 460 g/mol. The molecule has 3 rings (SSSR count). The van der Waals surface area contributed by atoms with E-state index >= 15 is 0 Å². The Balaban J connectivity index is 1.98. The van der Waals surface area contributed by atoms with E-state index in [0.717, 1.165) is 47.7 Å². The third kappa shape index (κ3) is 5.59. The number of hydrogen-bond acceptors (Lipinski definition) is 6. The van der Waals surface area contributed by atoms with Crippen molar-refractivity contribution in [2.75, 3.05) is 25.1 Å². The summed E-state index contributed by atoms with van der Waals surface area (Å²) in [5.41, 5.74) is 4.58. The van der Waals surface area contributed by atoms with Crippen LogP contribution in [0.5, 0.6) is 11.5 Å². The molecule has 1 aliphatic carbocycles. The van der Waals surface area contributed by atoms with Gasteiger partial charge >= 0.3 is 0 Å². The molecule has 0 atom stereocenters. The van der Waals surface area contributed by atoms with Gasteiger partial charge in [-0.3, -0.25) is 9.10 Å². The summed E-state index contributed by atoms with van der Waals surface area (Å²) >= 11 is 0. The molecular weight excluding hydrogens is 430 g/mol. The van der Waals surface area contributed by atoms with E-state index < -0.39 is 22.5 Å². The highest BCUT2D eigenvalue weighted by atomic mass is 32.2. The van der Waals surface area contributed by atoms with Crippen molar-refractivity contribution in [3.8, 4) is 11.5 Å². The number of aryl methyl sites for hydroxylation is 1. The van der Waals surface area contributed by atoms with Gasteiger partial charge in [-0.25, -0.2) is 13.8 Å². The second-order valence-electron chi connectivity index (χ2n) is 7.64. The molecule has 8 nitrogen and oxygen atoms in total. The van der Waals surface area contributed by atoms with E-state index in [1.54, 1.807) is 24.3 Å². The first-order chi connectivity index (χ1) is 15.3. The Morgan fingerprint density at radius 3 is 2.34 bits per heavy atom. The molecular formula is C23H29N3O5S. The highest BCUT2D eigenvalue weighted by Crippen LogP contribution is 2.35. The minimum atomic E-state index is -4.08. The molecule has 1 saturated carbocycles. The van der Waals surface area contributed by atoms with Gasteiger partial charge in [-0.15, -0.1) is 0 Å². The fourth-order valence-electron chi connectivity index (χ4n) is 3.51. The molecule has 0 heterocycles. The number of benzene rings is 2. The number of rotatable bonds is 8. The maximum absolute atomic E-state index is 13.6. The van der Waals surface area contributed by atoms with Gasteiger partial charge < -0.3 is 9.47 Å². The fourth-order valence-corrected chi connectivity index (χ4v) is 4.93. The molecule has 2 aromatic rings. The van der Waals surface area contributed by atoms with E-state index in [2.05, 4.69) is 10.5 Å². The van der Waals surface area contributed by atoms with E-state index in [4.69, 9.17) is 9.47 Å². The highest BCUT2D eigenvalue weighted by molar-refractivity contribution is 7.92. The van der Waals surface area contributed by atoms with Crippen LogP contribution in [0.2, 0.25) is 0 Å². The second kappa shape index (κ2) is 10.5. The second-order valence-corrected chi connectivity index (χ2v) is 9.50. The first-order valence-corrected chi connectivity index (χ1v) is 11.9. The average Bonchev–Trinajstić information content (AvgIpc) is 2.81. The van der Waals surface area contributed by atoms with Crippen LogP contribution in [0.15, 0.2) is 52.5 Å². The van der Waals surface area contributed by atoms with Gasteiger partial charge in [-0.05, 0) is 56.9 Å². The molecule has 0 saturated heterocycles. The molecule has 9 heteroatoms. The zero-order chi connectivity index (χ0) is 23.1. The molecule has 0 aromatic heterocycles. The molecule has 1 N–H and O–H groups in total. The Morgan fingerprint density at radius 2 is 1.72 bits per heavy atom. The van der Waals surface area contributed by atoms with Crippen molar-refractivity contribution in [1.82, 2.24) is 5.43 Å². The molecule has 2 aromatic carbocycles. The summed E-state index contributed by atoms with van der Waals surface area (Å²) in [5, 5.41) is 4.21. The lowest BCUT2D eigenvalue weighted by atomic mass is 9.99. The number of nitrogens with zero attached hydrogens (tertiary/aromatic N) is 2. The maximum atomic E-state index is 13.6. The number of sulfonamides is 1. The third-order valence-corrected chi connectivity index (χ3v) is 7.09. The molecule has 0 radical (unpaired) electrons. The molecule has 0 aliphatic heterocycles. The summed E-state index contributed by atoms with van der Waals surface area (Å²) in [6.07, 6.45) is 4.93. The molecule has 1 aliphatic rings. The summed E-state index contributed by atoms with van der Waals surface area (Å²) < 4.78 is 38.8. The lowest BCUT2D eigenvalue weighted by Crippen LogP contribution is -2.40. The van der Waals surface area contributed by atoms with Gasteiger partial charge in [0.1, 0.15) is 18.0 Å². The quantitative estimate of drug-likeness (QED) is 0.608. The van der Waals surface area contributed by atoms with Gasteiger partial charge in [0.25, 0.3) is 15.9 Å². The third-order valence-electron chi connectivity index (χ3n) is 5.32. The van der Waals surface area contributed by atoms with Gasteiger partial charge in [-0.1, -0.05) is 24.1 Å². The fraction of sp³-hybridized carbons (Fsp3) is 0.391. The summed E-state index contributed by atoms with van der Waals surface area (Å²) in [6, 6.07) is 11.3. The van der Waals surface area contributed by atoms with Gasteiger partial charge in [0, 0.05) is 11.8 Å². The highest BCUT2D eigenvalue weighted by Gasteiger charge is 2.30. The molecule has 1 amide bonds. The molecule has 0 unspecified atom stereocenters. The van der Waals surface area contributed by atoms with Crippen molar-refractivity contribution in [2.24, 2.45) is 5.10 Å². The van der Waals surface area contributed by atoms with Crippen LogP contribution in [0, 0.1) is 6.92 Å². The lowest BCUT2D eigenvalue weighted by molar-refractivity contribution is -0.119. The number of amides is 1. The van der Waals surface area contributed by atoms with Crippen LogP contribution >= 0.6 is 0 Å². The standard InChI is InChI=1S/C23H29N3O5S/c1-17-9-12-20(13-10-17)32(28,29)26(21-15-19(30-2)11-14-22(21)31-3)16-23(27)25-24-18-7-5-4-6-8-18/h9-15H,4-8,16H2,1-3H3,(H,25,27). The predicted octanol–water partition coefficient (Wildman–Crippen LogP) is 3.64. The zero-order valence-electron chi connectivity index (χ0n) is 18.6. The normalized spacial score (nSPS) is 13.9. The minimum Gasteiger partial charge on any atom is -0.497 e. The topological polar surface area (TPSA) is 97.3 Å². The summed E-state index contributed by atoms with van der Waals surface area (Å²) in [6.45, 7) is 1.41. The summed E-state index contributed by atoms with van der Waals surface area (Å²) in [7, 11) is -1.15. The number of carbonyl (C=O) groups is 1. The Kier molecular flexibility index (Phi) is 7.74. The molecule has 172 valence electrons. The SMILES string of the molecule is COc1ccc(OC)c(N(CC(=O)NN=C2CCCCC2)S(=O)(=O)c2ccc(C)cc2)c1. The minimum absolute atomic E-state index is 0.0689. The monoisotopic (exact) mass is 459 g/mol. The smallest absolute Gasteiger partial charge is 0.264 e. The van der Waals surface area contributed by atoms with Gasteiger partial charge in [-0.2, -0.15) is 5.10 Å². The molecule has 1 fully saturated rings. The Hall–Kier alpha value is -3.07. The van der Waals surface area contributed by atoms with Crippen LogP contribution in [-0.2, 0) is 14.8 Å². The number of hydrazone groups is 1. The van der Waals surface area contributed by atoms with Crippen LogP contribution in [0.1, 0.15) is 37.7 Å². The van der Waals surface area contributed by atoms with Crippen molar-refractivity contribution in [3.05, 3.63) is 48.0 Å². The Labute approximate surface area is 189 Å². The number of nitrogens with one attached hydrogen (secondary N) is 1. The van der Waals surface area contributed by atoms with Crippen LogP contribution in [0.25, 0.3) is 0 Å². The van der Waals surface area contributed by atoms with Gasteiger partial charge in [0.15, 0.2) is 0 Å². The lowest BCUT2D eigenvalue weighted by Gasteiger charge is -2.26. The predicted molar refractivity (Wildman–Crippen MR) is 124 cm³/mol. The van der Waals surface area contributed by atoms with Crippen molar-refractivity contribution >= 4 is 27.3 Å². The Morgan fingerprint density at radius 1 is 1.03 bits per heavy atom. The molecule has 32 heavy (non-hydrogen) atoms. The number of carbonyl (C=O) groups excluding carboxylic acids is 1. The zero-order valence-corrected chi connectivity index (χ0v) is 19.4. The molecule has 0 spiro atoms. The largest absolute Gasteiger partial charge is 0.497 e. The number of anilines is 1. The Bertz CT molecular complexity index is 1070. The van der Waals surface area contributed by atoms with Crippen molar-refractivity contribution < 1.29 is 22.7 Å². The van der Waals surface area contributed by atoms with E-state index in [1.165, 1.54) is 32.4 Å².